The lowest BCUT2D eigenvalue weighted by molar-refractivity contribution is -0.0522. The fourth-order valence-electron chi connectivity index (χ4n) is 2.86. The predicted molar refractivity (Wildman–Crippen MR) is 98.9 cm³/mol. The molecule has 0 radical (unpaired) electrons. The summed E-state index contributed by atoms with van der Waals surface area (Å²) in [5.74, 6) is -0.0718. The van der Waals surface area contributed by atoms with Crippen LogP contribution in [0.25, 0.3) is 22.4 Å². The van der Waals surface area contributed by atoms with E-state index in [1.165, 1.54) is 0 Å². The van der Waals surface area contributed by atoms with Gasteiger partial charge in [0.1, 0.15) is 12.3 Å². The molecule has 7 heteroatoms. The van der Waals surface area contributed by atoms with Crippen molar-refractivity contribution >= 4 is 17.0 Å². The monoisotopic (exact) mass is 367 g/mol. The van der Waals surface area contributed by atoms with E-state index >= 15 is 0 Å². The summed E-state index contributed by atoms with van der Waals surface area (Å²) < 4.78 is 5.45. The van der Waals surface area contributed by atoms with E-state index in [9.17, 15) is 9.90 Å². The first-order valence-electron chi connectivity index (χ1n) is 8.92. The Hall–Kier alpha value is -2.77. The van der Waals surface area contributed by atoms with Gasteiger partial charge in [0.05, 0.1) is 16.6 Å². The molecule has 0 aliphatic heterocycles. The van der Waals surface area contributed by atoms with Crippen LogP contribution in [0.1, 0.15) is 48.7 Å². The van der Waals surface area contributed by atoms with Gasteiger partial charge in [-0.3, -0.25) is 9.63 Å². The van der Waals surface area contributed by atoms with Crippen molar-refractivity contribution in [2.24, 2.45) is 0 Å². The van der Waals surface area contributed by atoms with Crippen LogP contribution in [0, 0.1) is 0 Å². The Morgan fingerprint density at radius 2 is 2.07 bits per heavy atom. The molecule has 0 bridgehead atoms. The van der Waals surface area contributed by atoms with Gasteiger partial charge in [0.25, 0.3) is 11.6 Å². The van der Waals surface area contributed by atoms with Crippen LogP contribution in [0.3, 0.4) is 0 Å². The van der Waals surface area contributed by atoms with Gasteiger partial charge in [-0.2, -0.15) is 0 Å². The molecule has 0 unspecified atom stereocenters. The van der Waals surface area contributed by atoms with E-state index in [4.69, 9.17) is 9.36 Å². The van der Waals surface area contributed by atoms with Gasteiger partial charge >= 0.3 is 0 Å². The highest BCUT2D eigenvalue weighted by Gasteiger charge is 2.29. The molecule has 1 aromatic carbocycles. The maximum absolute atomic E-state index is 12.8. The number of carbonyl (C=O) groups is 1. The number of benzene rings is 1. The van der Waals surface area contributed by atoms with Crippen LogP contribution in [0.4, 0.5) is 0 Å². The summed E-state index contributed by atoms with van der Waals surface area (Å²) in [7, 11) is 0. The van der Waals surface area contributed by atoms with Crippen molar-refractivity contribution < 1.29 is 19.3 Å². The van der Waals surface area contributed by atoms with E-state index in [0.717, 1.165) is 24.1 Å². The number of aromatic nitrogens is 2. The van der Waals surface area contributed by atoms with Crippen molar-refractivity contribution in [3.8, 4) is 11.3 Å². The first kappa shape index (κ1) is 17.6. The molecule has 2 heterocycles. The van der Waals surface area contributed by atoms with Crippen molar-refractivity contribution in [2.45, 2.75) is 38.2 Å². The molecule has 1 fully saturated rings. The number of carbonyl (C=O) groups excluding carboxylic acids is 1. The van der Waals surface area contributed by atoms with Crippen molar-refractivity contribution in [3.63, 3.8) is 0 Å². The number of aliphatic hydroxyl groups is 1. The molecule has 3 aromatic rings. The third-order valence-electron chi connectivity index (χ3n) is 4.34. The molecule has 4 rings (SSSR count). The van der Waals surface area contributed by atoms with Gasteiger partial charge < -0.3 is 9.63 Å². The SMILES string of the molecule is CC(C)(O)CONC(=O)c1cc(C2CC2)nc2onc(-c3ccccc3)c12. The number of nitrogens with zero attached hydrogens (tertiary/aromatic N) is 2. The van der Waals surface area contributed by atoms with Crippen LogP contribution in [0.2, 0.25) is 0 Å². The molecule has 1 aliphatic rings. The second-order valence-electron chi connectivity index (χ2n) is 7.48. The van der Waals surface area contributed by atoms with Gasteiger partial charge in [-0.25, -0.2) is 10.5 Å². The summed E-state index contributed by atoms with van der Waals surface area (Å²) in [5.41, 5.74) is 4.32. The molecule has 1 amide bonds. The summed E-state index contributed by atoms with van der Waals surface area (Å²) >= 11 is 0. The molecular formula is C20H21N3O4. The summed E-state index contributed by atoms with van der Waals surface area (Å²) in [4.78, 5) is 22.5. The Kier molecular flexibility index (Phi) is 4.41. The molecule has 0 saturated heterocycles. The van der Waals surface area contributed by atoms with Gasteiger partial charge in [0, 0.05) is 17.2 Å². The van der Waals surface area contributed by atoms with Crippen LogP contribution in [0.15, 0.2) is 40.9 Å². The predicted octanol–water partition coefficient (Wildman–Crippen LogP) is 3.20. The molecular weight excluding hydrogens is 346 g/mol. The molecule has 2 aromatic heterocycles. The number of nitrogens with one attached hydrogen (secondary N) is 1. The standard InChI is InChI=1S/C20H21N3O4/c1-20(2,25)11-26-23-18(24)14-10-15(12-8-9-12)21-19-16(14)17(22-27-19)13-6-4-3-5-7-13/h3-7,10,12,25H,8-9,11H2,1-2H3,(H,23,24). The zero-order chi connectivity index (χ0) is 19.0. The fraction of sp³-hybridized carbons (Fsp3) is 0.350. The van der Waals surface area contributed by atoms with E-state index in [1.54, 1.807) is 19.9 Å². The molecule has 0 spiro atoms. The first-order chi connectivity index (χ1) is 12.9. The van der Waals surface area contributed by atoms with Gasteiger partial charge in [-0.05, 0) is 32.8 Å². The smallest absolute Gasteiger partial charge is 0.275 e. The third-order valence-corrected chi connectivity index (χ3v) is 4.34. The quantitative estimate of drug-likeness (QED) is 0.649. The molecule has 7 nitrogen and oxygen atoms in total. The average Bonchev–Trinajstić information content (AvgIpc) is 3.40. The minimum atomic E-state index is -1.05. The lowest BCUT2D eigenvalue weighted by atomic mass is 10.0. The van der Waals surface area contributed by atoms with E-state index in [1.807, 2.05) is 30.3 Å². The number of hydrogen-bond donors (Lipinski definition) is 2. The minimum Gasteiger partial charge on any atom is -0.388 e. The minimum absolute atomic E-state index is 0.0301. The number of fused-ring (bicyclic) bond motifs is 1. The van der Waals surface area contributed by atoms with Crippen molar-refractivity contribution in [1.29, 1.82) is 0 Å². The van der Waals surface area contributed by atoms with Gasteiger partial charge in [0.15, 0.2) is 0 Å². The lowest BCUT2D eigenvalue weighted by Gasteiger charge is -2.16. The van der Waals surface area contributed by atoms with E-state index in [2.05, 4.69) is 15.6 Å². The Bertz CT molecular complexity index is 972. The van der Waals surface area contributed by atoms with Gasteiger partial charge in [0.2, 0.25) is 0 Å². The molecule has 27 heavy (non-hydrogen) atoms. The van der Waals surface area contributed by atoms with E-state index < -0.39 is 11.5 Å². The highest BCUT2D eigenvalue weighted by atomic mass is 16.7. The Balaban J connectivity index is 1.74. The molecule has 1 saturated carbocycles. The largest absolute Gasteiger partial charge is 0.388 e. The van der Waals surface area contributed by atoms with E-state index in [-0.39, 0.29) is 6.61 Å². The Morgan fingerprint density at radius 1 is 1.33 bits per heavy atom. The second-order valence-corrected chi connectivity index (χ2v) is 7.48. The fourth-order valence-corrected chi connectivity index (χ4v) is 2.86. The summed E-state index contributed by atoms with van der Waals surface area (Å²) in [6, 6.07) is 11.3. The summed E-state index contributed by atoms with van der Waals surface area (Å²) in [6.07, 6.45) is 2.10. The highest BCUT2D eigenvalue weighted by molar-refractivity contribution is 6.09. The van der Waals surface area contributed by atoms with Crippen LogP contribution in [-0.2, 0) is 4.84 Å². The van der Waals surface area contributed by atoms with E-state index in [0.29, 0.717) is 28.3 Å². The normalized spacial score (nSPS) is 14.5. The first-order valence-corrected chi connectivity index (χ1v) is 8.92. The lowest BCUT2D eigenvalue weighted by Crippen LogP contribution is -2.33. The summed E-state index contributed by atoms with van der Waals surface area (Å²) in [5, 5.41) is 14.4. The number of pyridine rings is 1. The summed E-state index contributed by atoms with van der Waals surface area (Å²) in [6.45, 7) is 3.17. The zero-order valence-electron chi connectivity index (χ0n) is 15.2. The number of hydrogen-bond acceptors (Lipinski definition) is 6. The Morgan fingerprint density at radius 3 is 2.74 bits per heavy atom. The van der Waals surface area contributed by atoms with Crippen molar-refractivity contribution in [2.75, 3.05) is 6.61 Å². The second kappa shape index (κ2) is 6.75. The Labute approximate surface area is 156 Å². The third kappa shape index (κ3) is 3.84. The van der Waals surface area contributed by atoms with Crippen molar-refractivity contribution in [1.82, 2.24) is 15.6 Å². The molecule has 1 aliphatic carbocycles. The maximum atomic E-state index is 12.8. The van der Waals surface area contributed by atoms with Crippen LogP contribution in [0.5, 0.6) is 0 Å². The topological polar surface area (TPSA) is 97.5 Å². The average molecular weight is 367 g/mol. The molecule has 2 N–H and O–H groups in total. The zero-order valence-corrected chi connectivity index (χ0v) is 15.2. The van der Waals surface area contributed by atoms with Crippen molar-refractivity contribution in [3.05, 3.63) is 47.7 Å². The van der Waals surface area contributed by atoms with Gasteiger partial charge in [-0.1, -0.05) is 35.5 Å². The van der Waals surface area contributed by atoms with Crippen LogP contribution in [-0.4, -0.2) is 33.4 Å². The number of rotatable bonds is 6. The highest BCUT2D eigenvalue weighted by Crippen LogP contribution is 2.41. The number of amides is 1. The van der Waals surface area contributed by atoms with Crippen LogP contribution >= 0.6 is 0 Å². The van der Waals surface area contributed by atoms with Gasteiger partial charge in [-0.15, -0.1) is 0 Å². The maximum Gasteiger partial charge on any atom is 0.275 e. The molecule has 140 valence electrons. The molecule has 0 atom stereocenters. The van der Waals surface area contributed by atoms with Crippen LogP contribution < -0.4 is 5.48 Å². The number of hydroxylamine groups is 1.